The topological polar surface area (TPSA) is 57.6 Å². The Kier molecular flexibility index (Phi) is 1.97. The van der Waals surface area contributed by atoms with Gasteiger partial charge in [-0.25, -0.2) is 4.21 Å². The van der Waals surface area contributed by atoms with Gasteiger partial charge in [-0.1, -0.05) is 0 Å². The van der Waals surface area contributed by atoms with Crippen LogP contribution < -0.4 is 0 Å². The first-order valence-corrected chi connectivity index (χ1v) is 5.31. The van der Waals surface area contributed by atoms with E-state index in [1.807, 2.05) is 0 Å². The molecule has 66 valence electrons. The molecule has 2 aliphatic heterocycles. The Morgan fingerprint density at radius 1 is 1.67 bits per heavy atom. The maximum absolute atomic E-state index is 11.0. The van der Waals surface area contributed by atoms with Gasteiger partial charge in [-0.3, -0.25) is 9.69 Å². The minimum atomic E-state index is -0.752. The number of hydrogen-bond donors (Lipinski definition) is 1. The second-order valence-corrected chi connectivity index (χ2v) is 4.49. The van der Waals surface area contributed by atoms with Crippen LogP contribution in [0.1, 0.15) is 6.42 Å². The van der Waals surface area contributed by atoms with E-state index in [9.17, 15) is 14.1 Å². The molecule has 6 heteroatoms. The number of carbonyl (C=O) groups is 1. The molecule has 0 aromatic carbocycles. The molecule has 1 N–H and O–H groups in total. The van der Waals surface area contributed by atoms with Gasteiger partial charge in [0.05, 0.1) is 11.8 Å². The summed E-state index contributed by atoms with van der Waals surface area (Å²) in [6.45, 7) is 0. The van der Waals surface area contributed by atoms with Crippen LogP contribution in [0, 0.1) is 0 Å². The second kappa shape index (κ2) is 2.86. The van der Waals surface area contributed by atoms with Gasteiger partial charge in [0, 0.05) is 5.75 Å². The van der Waals surface area contributed by atoms with Crippen LogP contribution in [0.3, 0.4) is 0 Å². The summed E-state index contributed by atoms with van der Waals surface area (Å²) >= 11 is 1.76. The van der Waals surface area contributed by atoms with E-state index in [2.05, 4.69) is 0 Å². The van der Waals surface area contributed by atoms with E-state index in [4.69, 9.17) is 0 Å². The predicted octanol–water partition coefficient (Wildman–Crippen LogP) is -1.00. The molecule has 2 atom stereocenters. The zero-order chi connectivity index (χ0) is 8.72. The van der Waals surface area contributed by atoms with Crippen molar-refractivity contribution in [2.24, 2.45) is 0 Å². The Morgan fingerprint density at radius 2 is 2.42 bits per heavy atom. The second-order valence-electron chi connectivity index (χ2n) is 2.69. The number of aliphatic hydroxyl groups excluding tert-OH is 1. The highest BCUT2D eigenvalue weighted by molar-refractivity contribution is 8.00. The van der Waals surface area contributed by atoms with Gasteiger partial charge in [0.1, 0.15) is 22.3 Å². The van der Waals surface area contributed by atoms with Crippen molar-refractivity contribution in [1.29, 1.82) is 0 Å². The Hall–Kier alpha value is -0.330. The van der Waals surface area contributed by atoms with Gasteiger partial charge in [-0.2, -0.15) is 0 Å². The van der Waals surface area contributed by atoms with Gasteiger partial charge in [0.2, 0.25) is 5.91 Å². The highest BCUT2D eigenvalue weighted by atomic mass is 32.2. The van der Waals surface area contributed by atoms with E-state index in [0.29, 0.717) is 12.2 Å². The summed E-state index contributed by atoms with van der Waals surface area (Å²) in [5.41, 5.74) is 0. The van der Waals surface area contributed by atoms with Crippen LogP contribution >= 0.6 is 11.8 Å². The summed E-state index contributed by atoms with van der Waals surface area (Å²) in [4.78, 5) is 12.7. The van der Waals surface area contributed by atoms with Gasteiger partial charge in [-0.15, -0.1) is 11.8 Å². The van der Waals surface area contributed by atoms with Crippen LogP contribution in [-0.2, 0) is 16.1 Å². The maximum Gasteiger partial charge on any atom is 0.231 e. The summed E-state index contributed by atoms with van der Waals surface area (Å²) < 4.78 is 10.5. The van der Waals surface area contributed by atoms with Gasteiger partial charge in [0.15, 0.2) is 0 Å². The number of nitrogens with zero attached hydrogens (tertiary/aromatic N) is 1. The molecular formula is C6H7NO3S2. The van der Waals surface area contributed by atoms with Crippen molar-refractivity contribution < 1.29 is 14.1 Å². The molecule has 2 aliphatic rings. The Labute approximate surface area is 77.0 Å². The van der Waals surface area contributed by atoms with Gasteiger partial charge in [0.25, 0.3) is 0 Å². The molecule has 0 saturated carbocycles. The lowest BCUT2D eigenvalue weighted by Gasteiger charge is -2.44. The number of rotatable bonds is 0. The Morgan fingerprint density at radius 3 is 2.92 bits per heavy atom. The molecule has 0 radical (unpaired) electrons. The van der Waals surface area contributed by atoms with Gasteiger partial charge >= 0.3 is 0 Å². The highest BCUT2D eigenvalue weighted by Crippen LogP contribution is 2.34. The van der Waals surface area contributed by atoms with Crippen LogP contribution in [-0.4, -0.2) is 42.3 Å². The predicted molar refractivity (Wildman–Crippen MR) is 46.9 cm³/mol. The summed E-state index contributed by atoms with van der Waals surface area (Å²) in [5, 5.41) is 9.44. The van der Waals surface area contributed by atoms with Crippen LogP contribution in [0.5, 0.6) is 0 Å². The van der Waals surface area contributed by atoms with E-state index in [1.165, 1.54) is 16.7 Å². The molecule has 1 unspecified atom stereocenters. The van der Waals surface area contributed by atoms with Crippen molar-refractivity contribution in [3.05, 3.63) is 0 Å². The third-order valence-corrected chi connectivity index (χ3v) is 3.87. The van der Waals surface area contributed by atoms with Crippen LogP contribution in [0.4, 0.5) is 0 Å². The summed E-state index contributed by atoms with van der Waals surface area (Å²) in [7, 11) is 0. The molecule has 0 aromatic rings. The number of amides is 1. The van der Waals surface area contributed by atoms with E-state index >= 15 is 0 Å². The normalized spacial score (nSPS) is 34.2. The fourth-order valence-electron chi connectivity index (χ4n) is 1.32. The Balaban J connectivity index is 2.27. The molecule has 0 spiro atoms. The first-order valence-electron chi connectivity index (χ1n) is 3.52. The number of carbonyl (C=O) groups excluding carboxylic acids is 1. The van der Waals surface area contributed by atoms with Crippen molar-refractivity contribution >= 4 is 33.9 Å². The first-order chi connectivity index (χ1) is 5.74. The lowest BCUT2D eigenvalue weighted by atomic mass is 10.1. The summed E-state index contributed by atoms with van der Waals surface area (Å²) in [6.07, 6.45) is -0.250. The minimum absolute atomic E-state index is 0.0513. The van der Waals surface area contributed by atoms with Crippen molar-refractivity contribution in [3.63, 3.8) is 0 Å². The summed E-state index contributed by atoms with van der Waals surface area (Å²) in [6, 6.07) is 0. The molecule has 2 fully saturated rings. The van der Waals surface area contributed by atoms with Crippen LogP contribution in [0.25, 0.3) is 0 Å². The zero-order valence-electron chi connectivity index (χ0n) is 6.10. The third-order valence-electron chi connectivity index (χ3n) is 1.96. The highest BCUT2D eigenvalue weighted by Gasteiger charge is 2.45. The molecule has 2 saturated heterocycles. The first kappa shape index (κ1) is 8.28. The van der Waals surface area contributed by atoms with Crippen molar-refractivity contribution in [1.82, 2.24) is 4.90 Å². The van der Waals surface area contributed by atoms with Crippen LogP contribution in [0.15, 0.2) is 0 Å². The zero-order valence-corrected chi connectivity index (χ0v) is 7.73. The fraction of sp³-hybridized carbons (Fsp3) is 0.667. The van der Waals surface area contributed by atoms with E-state index in [1.54, 1.807) is 0 Å². The van der Waals surface area contributed by atoms with Crippen molar-refractivity contribution in [2.45, 2.75) is 17.9 Å². The minimum Gasteiger partial charge on any atom is -0.385 e. The monoisotopic (exact) mass is 205 g/mol. The molecule has 0 bridgehead atoms. The number of thioether (sulfide) groups is 1. The maximum atomic E-state index is 11.0. The summed E-state index contributed by atoms with van der Waals surface area (Å²) in [5.74, 6) is 0.476. The number of fused-ring (bicyclic) bond motifs is 1. The van der Waals surface area contributed by atoms with E-state index in [0.717, 1.165) is 0 Å². The molecule has 1 amide bonds. The fourth-order valence-corrected chi connectivity index (χ4v) is 3.19. The smallest absolute Gasteiger partial charge is 0.231 e. The molecule has 2 rings (SSSR count). The lowest BCUT2D eigenvalue weighted by molar-refractivity contribution is -0.136. The average Bonchev–Trinajstić information content (AvgIpc) is 2.06. The standard InChI is InChI=1S/C6H7NO3S2/c8-3-2-11-5-1-4(9)7(5)6(3)12-10/h3,5,8H,1-2H2/t3?,5-/m1/s1. The van der Waals surface area contributed by atoms with Gasteiger partial charge < -0.3 is 5.11 Å². The largest absolute Gasteiger partial charge is 0.385 e. The SMILES string of the molecule is O=S=C1C(O)CS[C@@H]2CC(=O)N12. The third kappa shape index (κ3) is 1.02. The van der Waals surface area contributed by atoms with Crippen molar-refractivity contribution in [2.75, 3.05) is 5.75 Å². The van der Waals surface area contributed by atoms with Crippen LogP contribution in [0.2, 0.25) is 0 Å². The molecule has 4 nitrogen and oxygen atoms in total. The van der Waals surface area contributed by atoms with E-state index in [-0.39, 0.29) is 27.5 Å². The molecule has 0 aromatic heterocycles. The van der Waals surface area contributed by atoms with Gasteiger partial charge in [-0.05, 0) is 0 Å². The molecule has 2 heterocycles. The van der Waals surface area contributed by atoms with Crippen molar-refractivity contribution in [3.8, 4) is 0 Å². The molecular weight excluding hydrogens is 198 g/mol. The number of hydrogen-bond acceptors (Lipinski definition) is 4. The molecule has 12 heavy (non-hydrogen) atoms. The Bertz CT molecular complexity index is 287. The number of aliphatic hydroxyl groups is 1. The lowest BCUT2D eigenvalue weighted by Crippen LogP contribution is -2.60. The molecule has 0 aliphatic carbocycles. The average molecular weight is 205 g/mol. The quantitative estimate of drug-likeness (QED) is 0.407. The van der Waals surface area contributed by atoms with E-state index < -0.39 is 6.10 Å². The number of β-lactam (4-membered cyclic amide) rings is 1.